The minimum atomic E-state index is -0.284. The highest BCUT2D eigenvalue weighted by atomic mass is 35.5. The van der Waals surface area contributed by atoms with Gasteiger partial charge in [-0.3, -0.25) is 9.36 Å². The van der Waals surface area contributed by atoms with Crippen LogP contribution in [0.15, 0.2) is 66.1 Å². The average molecular weight is 415 g/mol. The lowest BCUT2D eigenvalue weighted by molar-refractivity contribution is -0.133. The Labute approximate surface area is 174 Å². The number of carbonyl (C=O) groups is 1. The van der Waals surface area contributed by atoms with E-state index in [0.717, 1.165) is 11.3 Å². The van der Waals surface area contributed by atoms with Gasteiger partial charge >= 0.3 is 0 Å². The molecule has 1 amide bonds. The van der Waals surface area contributed by atoms with E-state index in [9.17, 15) is 4.79 Å². The van der Waals surface area contributed by atoms with Crippen molar-refractivity contribution in [2.75, 3.05) is 5.75 Å². The highest BCUT2D eigenvalue weighted by molar-refractivity contribution is 7.99. The largest absolute Gasteiger partial charge is 0.333 e. The number of carbonyl (C=O) groups excluding carboxylic acids is 1. The third-order valence-electron chi connectivity index (χ3n) is 4.22. The highest BCUT2D eigenvalue weighted by Crippen LogP contribution is 2.24. The van der Waals surface area contributed by atoms with Crippen molar-refractivity contribution in [1.82, 2.24) is 19.7 Å². The zero-order valence-electron chi connectivity index (χ0n) is 16.2. The Bertz CT molecular complexity index is 937. The fraction of sp³-hybridized carbons (Fsp3) is 0.286. The van der Waals surface area contributed by atoms with Gasteiger partial charge in [0, 0.05) is 17.1 Å². The van der Waals surface area contributed by atoms with Crippen LogP contribution in [0, 0.1) is 0 Å². The Balaban J connectivity index is 1.73. The fourth-order valence-electron chi connectivity index (χ4n) is 2.80. The van der Waals surface area contributed by atoms with Crippen molar-refractivity contribution in [3.63, 3.8) is 0 Å². The van der Waals surface area contributed by atoms with Gasteiger partial charge in [0.15, 0.2) is 5.16 Å². The van der Waals surface area contributed by atoms with Crippen LogP contribution in [0.25, 0.3) is 5.69 Å². The summed E-state index contributed by atoms with van der Waals surface area (Å²) in [4.78, 5) is 14.9. The lowest BCUT2D eigenvalue weighted by atomic mass is 10.0. The molecule has 28 heavy (non-hydrogen) atoms. The number of hydrogen-bond donors (Lipinski definition) is 0. The average Bonchev–Trinajstić information content (AvgIpc) is 3.13. The van der Waals surface area contributed by atoms with E-state index in [1.54, 1.807) is 6.33 Å². The SMILES string of the molecule is CC(C)(C)N(Cc1ccccc1)C(=O)CSc1nncn1-c1cccc(Cl)c1. The van der Waals surface area contributed by atoms with Crippen molar-refractivity contribution < 1.29 is 4.79 Å². The molecule has 2 aromatic carbocycles. The lowest BCUT2D eigenvalue weighted by Crippen LogP contribution is -2.45. The van der Waals surface area contributed by atoms with Gasteiger partial charge in [-0.25, -0.2) is 0 Å². The number of amides is 1. The Morgan fingerprint density at radius 2 is 1.89 bits per heavy atom. The van der Waals surface area contributed by atoms with Crippen molar-refractivity contribution >= 4 is 29.3 Å². The Kier molecular flexibility index (Phi) is 6.42. The van der Waals surface area contributed by atoms with E-state index in [2.05, 4.69) is 10.2 Å². The van der Waals surface area contributed by atoms with Crippen LogP contribution in [0.5, 0.6) is 0 Å². The molecule has 0 bridgehead atoms. The molecule has 0 aliphatic carbocycles. The molecule has 0 atom stereocenters. The number of halogens is 1. The third kappa shape index (κ3) is 5.14. The first-order valence-corrected chi connectivity index (χ1v) is 10.3. The number of rotatable bonds is 6. The standard InChI is InChI=1S/C21H23ClN4OS/c1-21(2,3)26(13-16-8-5-4-6-9-16)19(27)14-28-20-24-23-15-25(20)18-11-7-10-17(22)12-18/h4-12,15H,13-14H2,1-3H3. The Hall–Kier alpha value is -2.31. The molecule has 1 aromatic heterocycles. The zero-order chi connectivity index (χ0) is 20.1. The summed E-state index contributed by atoms with van der Waals surface area (Å²) in [7, 11) is 0. The molecule has 3 rings (SSSR count). The van der Waals surface area contributed by atoms with E-state index in [1.165, 1.54) is 11.8 Å². The first-order chi connectivity index (χ1) is 13.3. The Morgan fingerprint density at radius 1 is 1.14 bits per heavy atom. The predicted molar refractivity (Wildman–Crippen MR) is 114 cm³/mol. The number of aromatic nitrogens is 3. The summed E-state index contributed by atoms with van der Waals surface area (Å²) < 4.78 is 1.84. The van der Waals surface area contributed by atoms with E-state index in [0.29, 0.717) is 16.7 Å². The first kappa shape index (κ1) is 20.4. The molecule has 0 fully saturated rings. The van der Waals surface area contributed by atoms with Crippen molar-refractivity contribution in [2.24, 2.45) is 0 Å². The number of benzene rings is 2. The maximum Gasteiger partial charge on any atom is 0.233 e. The molecule has 0 radical (unpaired) electrons. The van der Waals surface area contributed by atoms with E-state index in [1.807, 2.05) is 84.8 Å². The number of hydrogen-bond acceptors (Lipinski definition) is 4. The van der Waals surface area contributed by atoms with Crippen LogP contribution in [0.1, 0.15) is 26.3 Å². The summed E-state index contributed by atoms with van der Waals surface area (Å²) in [6.45, 7) is 6.72. The van der Waals surface area contributed by atoms with Crippen molar-refractivity contribution in [3.8, 4) is 5.69 Å². The predicted octanol–water partition coefficient (Wildman–Crippen LogP) is 4.84. The number of nitrogens with zero attached hydrogens (tertiary/aromatic N) is 4. The molecule has 3 aromatic rings. The van der Waals surface area contributed by atoms with E-state index in [4.69, 9.17) is 11.6 Å². The molecule has 5 nitrogen and oxygen atoms in total. The minimum Gasteiger partial charge on any atom is -0.333 e. The minimum absolute atomic E-state index is 0.0574. The van der Waals surface area contributed by atoms with Crippen LogP contribution in [-0.2, 0) is 11.3 Å². The van der Waals surface area contributed by atoms with Gasteiger partial charge in [0.2, 0.25) is 5.91 Å². The van der Waals surface area contributed by atoms with Crippen molar-refractivity contribution in [2.45, 2.75) is 38.0 Å². The molecular weight excluding hydrogens is 392 g/mol. The lowest BCUT2D eigenvalue weighted by Gasteiger charge is -2.36. The second-order valence-corrected chi connectivity index (χ2v) is 8.77. The van der Waals surface area contributed by atoms with Gasteiger partial charge in [-0.1, -0.05) is 59.8 Å². The molecule has 0 saturated heterocycles. The van der Waals surface area contributed by atoms with E-state index in [-0.39, 0.29) is 17.2 Å². The van der Waals surface area contributed by atoms with Crippen LogP contribution < -0.4 is 0 Å². The normalized spacial score (nSPS) is 11.4. The fourth-order valence-corrected chi connectivity index (χ4v) is 3.79. The van der Waals surface area contributed by atoms with E-state index < -0.39 is 0 Å². The molecule has 0 unspecified atom stereocenters. The molecular formula is C21H23ClN4OS. The van der Waals surface area contributed by atoms with E-state index >= 15 is 0 Å². The maximum atomic E-state index is 13.0. The van der Waals surface area contributed by atoms with Crippen LogP contribution in [0.4, 0.5) is 0 Å². The second-order valence-electron chi connectivity index (χ2n) is 7.39. The summed E-state index contributed by atoms with van der Waals surface area (Å²) in [6, 6.07) is 17.5. The monoisotopic (exact) mass is 414 g/mol. The van der Waals surface area contributed by atoms with Gasteiger partial charge in [-0.05, 0) is 44.5 Å². The molecule has 1 heterocycles. The van der Waals surface area contributed by atoms with Crippen LogP contribution in [0.3, 0.4) is 0 Å². The first-order valence-electron chi connectivity index (χ1n) is 8.98. The molecule has 0 aliphatic rings. The summed E-state index contributed by atoms with van der Waals surface area (Å²) in [5.74, 6) is 0.339. The molecule has 0 N–H and O–H groups in total. The van der Waals surface area contributed by atoms with Crippen LogP contribution in [-0.4, -0.2) is 36.9 Å². The summed E-state index contributed by atoms with van der Waals surface area (Å²) in [5.41, 5.74) is 1.69. The Morgan fingerprint density at radius 3 is 2.57 bits per heavy atom. The molecule has 0 aliphatic heterocycles. The molecule has 0 saturated carbocycles. The summed E-state index contributed by atoms with van der Waals surface area (Å²) >= 11 is 7.46. The quantitative estimate of drug-likeness (QED) is 0.541. The highest BCUT2D eigenvalue weighted by Gasteiger charge is 2.27. The summed E-state index contributed by atoms with van der Waals surface area (Å²) in [5, 5.41) is 9.45. The van der Waals surface area contributed by atoms with Gasteiger partial charge in [0.1, 0.15) is 6.33 Å². The van der Waals surface area contributed by atoms with Gasteiger partial charge < -0.3 is 4.90 Å². The third-order valence-corrected chi connectivity index (χ3v) is 5.38. The van der Waals surface area contributed by atoms with Crippen LogP contribution in [0.2, 0.25) is 5.02 Å². The van der Waals surface area contributed by atoms with Crippen molar-refractivity contribution in [3.05, 3.63) is 71.5 Å². The molecule has 0 spiro atoms. The molecule has 146 valence electrons. The van der Waals surface area contributed by atoms with Gasteiger partial charge in [0.25, 0.3) is 0 Å². The van der Waals surface area contributed by atoms with Gasteiger partial charge in [-0.2, -0.15) is 0 Å². The maximum absolute atomic E-state index is 13.0. The summed E-state index contributed by atoms with van der Waals surface area (Å²) in [6.07, 6.45) is 1.63. The topological polar surface area (TPSA) is 51.0 Å². The molecule has 7 heteroatoms. The smallest absolute Gasteiger partial charge is 0.233 e. The van der Waals surface area contributed by atoms with Crippen molar-refractivity contribution in [1.29, 1.82) is 0 Å². The second kappa shape index (κ2) is 8.80. The zero-order valence-corrected chi connectivity index (χ0v) is 17.7. The van der Waals surface area contributed by atoms with Gasteiger partial charge in [0.05, 0.1) is 11.4 Å². The number of thioether (sulfide) groups is 1. The van der Waals surface area contributed by atoms with Crippen LogP contribution >= 0.6 is 23.4 Å². The van der Waals surface area contributed by atoms with Gasteiger partial charge in [-0.15, -0.1) is 10.2 Å².